The standard InChI is InChI=1S/C20H24ClN3O2/c1-3-23-10-12-24(13-11-23)18-9-8-15(21)14-17(18)22-20(25)16-6-4-5-7-19(16)26-2/h4-9,14H,3,10-13H2,1-2H3,(H,22,25). The van der Waals surface area contributed by atoms with E-state index in [-0.39, 0.29) is 5.91 Å². The number of carbonyl (C=O) groups is 1. The van der Waals surface area contributed by atoms with Crippen molar-refractivity contribution < 1.29 is 9.53 Å². The molecule has 2 aromatic rings. The predicted molar refractivity (Wildman–Crippen MR) is 107 cm³/mol. The minimum atomic E-state index is -0.210. The summed E-state index contributed by atoms with van der Waals surface area (Å²) in [6.45, 7) is 7.11. The third-order valence-corrected chi connectivity index (χ3v) is 4.95. The fourth-order valence-corrected chi connectivity index (χ4v) is 3.38. The predicted octanol–water partition coefficient (Wildman–Crippen LogP) is 3.74. The molecule has 1 fully saturated rings. The van der Waals surface area contributed by atoms with Gasteiger partial charge >= 0.3 is 0 Å². The first-order valence-corrected chi connectivity index (χ1v) is 9.21. The van der Waals surface area contributed by atoms with Crippen LogP contribution in [-0.4, -0.2) is 50.6 Å². The molecule has 1 N–H and O–H groups in total. The van der Waals surface area contributed by atoms with Crippen LogP contribution in [0.3, 0.4) is 0 Å². The Balaban J connectivity index is 1.83. The van der Waals surface area contributed by atoms with E-state index in [4.69, 9.17) is 16.3 Å². The van der Waals surface area contributed by atoms with Gasteiger partial charge in [-0.3, -0.25) is 4.79 Å². The summed E-state index contributed by atoms with van der Waals surface area (Å²) in [5.41, 5.74) is 2.21. The van der Waals surface area contributed by atoms with Gasteiger partial charge in [-0.1, -0.05) is 30.7 Å². The molecule has 0 aliphatic carbocycles. The Morgan fingerprint density at radius 2 is 1.88 bits per heavy atom. The van der Waals surface area contributed by atoms with Gasteiger partial charge in [0.1, 0.15) is 5.75 Å². The van der Waals surface area contributed by atoms with Gasteiger partial charge in [0.15, 0.2) is 0 Å². The lowest BCUT2D eigenvalue weighted by Gasteiger charge is -2.36. The second-order valence-electron chi connectivity index (χ2n) is 6.24. The quantitative estimate of drug-likeness (QED) is 0.867. The highest BCUT2D eigenvalue weighted by Crippen LogP contribution is 2.31. The summed E-state index contributed by atoms with van der Waals surface area (Å²) in [4.78, 5) is 17.5. The number of hydrogen-bond donors (Lipinski definition) is 1. The first kappa shape index (κ1) is 18.5. The second-order valence-corrected chi connectivity index (χ2v) is 6.67. The highest BCUT2D eigenvalue weighted by atomic mass is 35.5. The number of rotatable bonds is 5. The van der Waals surface area contributed by atoms with E-state index in [0.29, 0.717) is 16.3 Å². The normalized spacial score (nSPS) is 15.0. The number of nitrogens with one attached hydrogen (secondary N) is 1. The number of anilines is 2. The van der Waals surface area contributed by atoms with Crippen LogP contribution in [0.15, 0.2) is 42.5 Å². The summed E-state index contributed by atoms with van der Waals surface area (Å²) in [6.07, 6.45) is 0. The van der Waals surface area contributed by atoms with Crippen molar-refractivity contribution >= 4 is 28.9 Å². The molecule has 0 bridgehead atoms. The Morgan fingerprint density at radius 3 is 2.58 bits per heavy atom. The van der Waals surface area contributed by atoms with Crippen molar-refractivity contribution in [2.75, 3.05) is 50.1 Å². The van der Waals surface area contributed by atoms with Crippen LogP contribution >= 0.6 is 11.6 Å². The molecule has 0 aromatic heterocycles. The van der Waals surface area contributed by atoms with Crippen LogP contribution in [0.1, 0.15) is 17.3 Å². The number of piperazine rings is 1. The molecule has 138 valence electrons. The van der Waals surface area contributed by atoms with Gasteiger partial charge in [0.05, 0.1) is 24.0 Å². The van der Waals surface area contributed by atoms with Crippen LogP contribution in [0.4, 0.5) is 11.4 Å². The maximum absolute atomic E-state index is 12.8. The number of likely N-dealkylation sites (N-methyl/N-ethyl adjacent to an activating group) is 1. The molecule has 0 saturated carbocycles. The molecule has 3 rings (SSSR count). The highest BCUT2D eigenvalue weighted by molar-refractivity contribution is 6.31. The summed E-state index contributed by atoms with van der Waals surface area (Å²) in [6, 6.07) is 12.8. The molecule has 0 radical (unpaired) electrons. The van der Waals surface area contributed by atoms with Crippen molar-refractivity contribution in [1.82, 2.24) is 4.90 Å². The fourth-order valence-electron chi connectivity index (χ4n) is 3.21. The zero-order valence-electron chi connectivity index (χ0n) is 15.2. The van der Waals surface area contributed by atoms with Crippen molar-refractivity contribution in [1.29, 1.82) is 0 Å². The molecule has 1 heterocycles. The number of nitrogens with zero attached hydrogens (tertiary/aromatic N) is 2. The smallest absolute Gasteiger partial charge is 0.259 e. The van der Waals surface area contributed by atoms with Crippen LogP contribution in [0, 0.1) is 0 Å². The summed E-state index contributed by atoms with van der Waals surface area (Å²) < 4.78 is 5.30. The molecule has 0 atom stereocenters. The van der Waals surface area contributed by atoms with E-state index >= 15 is 0 Å². The Labute approximate surface area is 159 Å². The lowest BCUT2D eigenvalue weighted by molar-refractivity contribution is 0.102. The number of benzene rings is 2. The maximum atomic E-state index is 12.8. The largest absolute Gasteiger partial charge is 0.496 e. The lowest BCUT2D eigenvalue weighted by Crippen LogP contribution is -2.46. The monoisotopic (exact) mass is 373 g/mol. The van der Waals surface area contributed by atoms with Crippen molar-refractivity contribution in [2.45, 2.75) is 6.92 Å². The van der Waals surface area contributed by atoms with Crippen LogP contribution in [0.2, 0.25) is 5.02 Å². The van der Waals surface area contributed by atoms with E-state index in [9.17, 15) is 4.79 Å². The average Bonchev–Trinajstić information content (AvgIpc) is 2.68. The average molecular weight is 374 g/mol. The minimum absolute atomic E-state index is 0.210. The Morgan fingerprint density at radius 1 is 1.15 bits per heavy atom. The van der Waals surface area contributed by atoms with E-state index in [2.05, 4.69) is 22.0 Å². The van der Waals surface area contributed by atoms with E-state index in [1.807, 2.05) is 24.3 Å². The van der Waals surface area contributed by atoms with Crippen molar-refractivity contribution in [3.63, 3.8) is 0 Å². The summed E-state index contributed by atoms with van der Waals surface area (Å²) in [7, 11) is 1.56. The van der Waals surface area contributed by atoms with E-state index in [0.717, 1.165) is 44.1 Å². The van der Waals surface area contributed by atoms with Gasteiger partial charge in [-0.2, -0.15) is 0 Å². The molecule has 0 unspecified atom stereocenters. The zero-order valence-corrected chi connectivity index (χ0v) is 15.9. The van der Waals surface area contributed by atoms with Gasteiger partial charge in [0, 0.05) is 31.2 Å². The van der Waals surface area contributed by atoms with Crippen LogP contribution < -0.4 is 15.0 Å². The summed E-state index contributed by atoms with van der Waals surface area (Å²) >= 11 is 6.19. The number of amides is 1. The van der Waals surface area contributed by atoms with Gasteiger partial charge in [0.2, 0.25) is 0 Å². The molecule has 6 heteroatoms. The second kappa shape index (κ2) is 8.43. The topological polar surface area (TPSA) is 44.8 Å². The molecule has 2 aromatic carbocycles. The summed E-state index contributed by atoms with van der Waals surface area (Å²) in [5.74, 6) is 0.336. The van der Waals surface area contributed by atoms with Crippen LogP contribution in [-0.2, 0) is 0 Å². The Bertz CT molecular complexity index is 773. The van der Waals surface area contributed by atoms with Crippen molar-refractivity contribution in [3.05, 3.63) is 53.1 Å². The van der Waals surface area contributed by atoms with E-state index in [1.165, 1.54) is 0 Å². The lowest BCUT2D eigenvalue weighted by atomic mass is 10.1. The first-order chi connectivity index (χ1) is 12.6. The van der Waals surface area contributed by atoms with Gasteiger partial charge < -0.3 is 19.9 Å². The van der Waals surface area contributed by atoms with Crippen LogP contribution in [0.25, 0.3) is 0 Å². The molecule has 5 nitrogen and oxygen atoms in total. The molecular formula is C20H24ClN3O2. The van der Waals surface area contributed by atoms with E-state index < -0.39 is 0 Å². The molecule has 1 amide bonds. The SMILES string of the molecule is CCN1CCN(c2ccc(Cl)cc2NC(=O)c2ccccc2OC)CC1. The number of carbonyl (C=O) groups excluding carboxylic acids is 1. The molecule has 1 saturated heterocycles. The molecule has 26 heavy (non-hydrogen) atoms. The number of para-hydroxylation sites is 1. The Kier molecular flexibility index (Phi) is 6.01. The fraction of sp³-hybridized carbons (Fsp3) is 0.350. The zero-order chi connectivity index (χ0) is 18.5. The third-order valence-electron chi connectivity index (χ3n) is 4.72. The number of ether oxygens (including phenoxy) is 1. The summed E-state index contributed by atoms with van der Waals surface area (Å²) in [5, 5.41) is 3.60. The molecular weight excluding hydrogens is 350 g/mol. The minimum Gasteiger partial charge on any atom is -0.496 e. The molecule has 0 spiro atoms. The first-order valence-electron chi connectivity index (χ1n) is 8.83. The van der Waals surface area contributed by atoms with Crippen LogP contribution in [0.5, 0.6) is 5.75 Å². The number of hydrogen-bond acceptors (Lipinski definition) is 4. The van der Waals surface area contributed by atoms with Crippen molar-refractivity contribution in [2.24, 2.45) is 0 Å². The number of methoxy groups -OCH3 is 1. The van der Waals surface area contributed by atoms with Crippen molar-refractivity contribution in [3.8, 4) is 5.75 Å². The molecule has 1 aliphatic rings. The highest BCUT2D eigenvalue weighted by Gasteiger charge is 2.20. The van der Waals surface area contributed by atoms with Gasteiger partial charge in [-0.05, 0) is 36.9 Å². The van der Waals surface area contributed by atoms with Gasteiger partial charge in [-0.25, -0.2) is 0 Å². The van der Waals surface area contributed by atoms with E-state index in [1.54, 1.807) is 25.3 Å². The maximum Gasteiger partial charge on any atom is 0.259 e. The Hall–Kier alpha value is -2.24. The van der Waals surface area contributed by atoms with Gasteiger partial charge in [-0.15, -0.1) is 0 Å². The number of halogens is 1. The third kappa shape index (κ3) is 4.11. The van der Waals surface area contributed by atoms with Gasteiger partial charge in [0.25, 0.3) is 5.91 Å². The molecule has 1 aliphatic heterocycles.